The number of likely N-dealkylation sites (tertiary alicyclic amines) is 1. The normalized spacial score (nSPS) is 23.5. The highest BCUT2D eigenvalue weighted by molar-refractivity contribution is 7.89. The van der Waals surface area contributed by atoms with Crippen molar-refractivity contribution in [2.75, 3.05) is 31.8 Å². The van der Waals surface area contributed by atoms with Crippen molar-refractivity contribution >= 4 is 21.6 Å². The number of hydrogen-bond acceptors (Lipinski definition) is 3. The summed E-state index contributed by atoms with van der Waals surface area (Å²) in [6.45, 7) is 1.78. The maximum absolute atomic E-state index is 11.6. The summed E-state index contributed by atoms with van der Waals surface area (Å²) in [7, 11) is -1.09. The molecule has 1 N–H and O–H groups in total. The van der Waals surface area contributed by atoms with Crippen LogP contribution < -0.4 is 4.72 Å². The maximum Gasteiger partial charge on any atom is 0.211 e. The van der Waals surface area contributed by atoms with Crippen LogP contribution in [0.2, 0.25) is 0 Å². The van der Waals surface area contributed by atoms with Crippen LogP contribution in [0.1, 0.15) is 19.3 Å². The first kappa shape index (κ1) is 13.2. The van der Waals surface area contributed by atoms with Crippen LogP contribution in [0.25, 0.3) is 0 Å². The molecule has 1 rings (SSSR count). The number of alkyl halides is 1. The largest absolute Gasteiger partial charge is 0.305 e. The summed E-state index contributed by atoms with van der Waals surface area (Å²) in [5, 5.41) is 0. The van der Waals surface area contributed by atoms with Gasteiger partial charge in [0, 0.05) is 18.5 Å². The minimum atomic E-state index is -3.10. The molecule has 0 amide bonds. The molecule has 6 heteroatoms. The molecule has 0 aromatic rings. The van der Waals surface area contributed by atoms with Gasteiger partial charge in [0.2, 0.25) is 10.0 Å². The molecule has 4 nitrogen and oxygen atoms in total. The van der Waals surface area contributed by atoms with Gasteiger partial charge in [0.1, 0.15) is 0 Å². The maximum atomic E-state index is 11.6. The van der Waals surface area contributed by atoms with E-state index >= 15 is 0 Å². The van der Waals surface area contributed by atoms with Crippen LogP contribution in [-0.2, 0) is 10.0 Å². The Morgan fingerprint density at radius 3 is 2.73 bits per heavy atom. The molecule has 90 valence electrons. The molecule has 1 saturated heterocycles. The van der Waals surface area contributed by atoms with E-state index in [4.69, 9.17) is 11.6 Å². The second-order valence-corrected chi connectivity index (χ2v) is 6.33. The van der Waals surface area contributed by atoms with E-state index in [0.29, 0.717) is 12.3 Å². The molecule has 0 aliphatic carbocycles. The predicted molar refractivity (Wildman–Crippen MR) is 62.8 cm³/mol. The smallest absolute Gasteiger partial charge is 0.211 e. The number of likely N-dealkylation sites (N-methyl/N-ethyl adjacent to an activating group) is 1. The fraction of sp³-hybridized carbons (Fsp3) is 1.00. The molecule has 1 aliphatic rings. The van der Waals surface area contributed by atoms with Gasteiger partial charge in [0.15, 0.2) is 0 Å². The Bertz CT molecular complexity index is 282. The van der Waals surface area contributed by atoms with Crippen LogP contribution in [0.4, 0.5) is 0 Å². The third kappa shape index (κ3) is 5.15. The van der Waals surface area contributed by atoms with Crippen LogP contribution in [0.15, 0.2) is 0 Å². The van der Waals surface area contributed by atoms with Crippen molar-refractivity contribution in [1.29, 1.82) is 0 Å². The first-order valence-corrected chi connectivity index (χ1v) is 7.47. The van der Waals surface area contributed by atoms with E-state index in [2.05, 4.69) is 9.62 Å². The van der Waals surface area contributed by atoms with Crippen LogP contribution in [0.5, 0.6) is 0 Å². The van der Waals surface area contributed by atoms with Crippen LogP contribution in [-0.4, -0.2) is 51.1 Å². The quantitative estimate of drug-likeness (QED) is 0.559. The van der Waals surface area contributed by atoms with E-state index in [1.807, 2.05) is 7.05 Å². The van der Waals surface area contributed by atoms with Crippen molar-refractivity contribution < 1.29 is 8.42 Å². The number of nitrogens with zero attached hydrogens (tertiary/aromatic N) is 1. The lowest BCUT2D eigenvalue weighted by atomic mass is 10.3. The van der Waals surface area contributed by atoms with Gasteiger partial charge in [-0.3, -0.25) is 0 Å². The number of hydrogen-bond donors (Lipinski definition) is 1. The average Bonchev–Trinajstić information content (AvgIpc) is 2.50. The Kier molecular flexibility index (Phi) is 5.32. The zero-order valence-corrected chi connectivity index (χ0v) is 10.6. The molecule has 0 bridgehead atoms. The third-order valence-corrected chi connectivity index (χ3v) is 4.32. The van der Waals surface area contributed by atoms with E-state index < -0.39 is 10.0 Å². The molecule has 15 heavy (non-hydrogen) atoms. The van der Waals surface area contributed by atoms with Gasteiger partial charge >= 0.3 is 0 Å². The predicted octanol–water partition coefficient (Wildman–Crippen LogP) is 0.629. The second-order valence-electron chi connectivity index (χ2n) is 4.08. The van der Waals surface area contributed by atoms with Crippen molar-refractivity contribution in [1.82, 2.24) is 9.62 Å². The Labute approximate surface area is 97.0 Å². The Morgan fingerprint density at radius 1 is 1.47 bits per heavy atom. The molecule has 1 heterocycles. The lowest BCUT2D eigenvalue weighted by Crippen LogP contribution is -2.37. The number of halogens is 1. The Hall–Kier alpha value is 0.160. The molecule has 0 saturated carbocycles. The first-order valence-electron chi connectivity index (χ1n) is 5.28. The van der Waals surface area contributed by atoms with Crippen LogP contribution >= 0.6 is 11.6 Å². The Morgan fingerprint density at radius 2 is 2.20 bits per heavy atom. The third-order valence-electron chi connectivity index (χ3n) is 2.53. The number of sulfonamides is 1. The van der Waals surface area contributed by atoms with E-state index in [0.717, 1.165) is 25.9 Å². The number of nitrogens with one attached hydrogen (secondary N) is 1. The molecule has 0 aromatic carbocycles. The lowest BCUT2D eigenvalue weighted by Gasteiger charge is -2.12. The van der Waals surface area contributed by atoms with Gasteiger partial charge in [-0.15, -0.1) is 11.6 Å². The second kappa shape index (κ2) is 6.03. The zero-order valence-electron chi connectivity index (χ0n) is 9.08. The molecule has 0 spiro atoms. The molecular formula is C9H19ClN2O2S. The highest BCUT2D eigenvalue weighted by Crippen LogP contribution is 2.08. The molecule has 1 unspecified atom stereocenters. The molecule has 1 atom stereocenters. The Balaban J connectivity index is 2.29. The van der Waals surface area contributed by atoms with E-state index in [9.17, 15) is 8.42 Å². The monoisotopic (exact) mass is 254 g/mol. The standard InChI is InChI=1S/C9H19ClN2O2S/c1-12-6-4-9(8-12)11-15(13,14)7-3-2-5-10/h9,11H,2-8H2,1H3. The van der Waals surface area contributed by atoms with Gasteiger partial charge < -0.3 is 4.90 Å². The minimum Gasteiger partial charge on any atom is -0.305 e. The topological polar surface area (TPSA) is 49.4 Å². The zero-order chi connectivity index (χ0) is 11.3. The van der Waals surface area contributed by atoms with Gasteiger partial charge in [-0.2, -0.15) is 0 Å². The fourth-order valence-electron chi connectivity index (χ4n) is 1.73. The summed E-state index contributed by atoms with van der Waals surface area (Å²) in [5.41, 5.74) is 0. The van der Waals surface area contributed by atoms with Crippen molar-refractivity contribution in [2.45, 2.75) is 25.3 Å². The summed E-state index contributed by atoms with van der Waals surface area (Å²) >= 11 is 5.50. The first-order chi connectivity index (χ1) is 7.03. The van der Waals surface area contributed by atoms with Crippen LogP contribution in [0, 0.1) is 0 Å². The minimum absolute atomic E-state index is 0.0935. The fourth-order valence-corrected chi connectivity index (χ4v) is 3.32. The van der Waals surface area contributed by atoms with Crippen molar-refractivity contribution in [2.24, 2.45) is 0 Å². The van der Waals surface area contributed by atoms with Crippen LogP contribution in [0.3, 0.4) is 0 Å². The van der Waals surface area contributed by atoms with Gasteiger partial charge in [-0.25, -0.2) is 13.1 Å². The highest BCUT2D eigenvalue weighted by atomic mass is 35.5. The average molecular weight is 255 g/mol. The van der Waals surface area contributed by atoms with Crippen molar-refractivity contribution in [3.63, 3.8) is 0 Å². The van der Waals surface area contributed by atoms with E-state index in [-0.39, 0.29) is 11.8 Å². The summed E-state index contributed by atoms with van der Waals surface area (Å²) in [5.74, 6) is 0.724. The molecule has 1 aliphatic heterocycles. The van der Waals surface area contributed by atoms with E-state index in [1.165, 1.54) is 0 Å². The van der Waals surface area contributed by atoms with Crippen molar-refractivity contribution in [3.05, 3.63) is 0 Å². The van der Waals surface area contributed by atoms with Gasteiger partial charge in [-0.05, 0) is 32.9 Å². The van der Waals surface area contributed by atoms with Gasteiger partial charge in [-0.1, -0.05) is 0 Å². The number of unbranched alkanes of at least 4 members (excludes halogenated alkanes) is 1. The van der Waals surface area contributed by atoms with Crippen molar-refractivity contribution in [3.8, 4) is 0 Å². The van der Waals surface area contributed by atoms with E-state index in [1.54, 1.807) is 0 Å². The lowest BCUT2D eigenvalue weighted by molar-refractivity contribution is 0.407. The summed E-state index contributed by atoms with van der Waals surface area (Å²) in [6, 6.07) is 0.0935. The number of rotatable bonds is 6. The van der Waals surface area contributed by atoms with Gasteiger partial charge in [0.25, 0.3) is 0 Å². The molecular weight excluding hydrogens is 236 g/mol. The van der Waals surface area contributed by atoms with Gasteiger partial charge in [0.05, 0.1) is 5.75 Å². The SMILES string of the molecule is CN1CCC(NS(=O)(=O)CCCCCl)C1. The summed E-state index contributed by atoms with van der Waals surface area (Å²) < 4.78 is 25.9. The summed E-state index contributed by atoms with van der Waals surface area (Å²) in [6.07, 6.45) is 2.31. The molecule has 1 fully saturated rings. The molecule has 0 aromatic heterocycles. The summed E-state index contributed by atoms with van der Waals surface area (Å²) in [4.78, 5) is 2.13. The highest BCUT2D eigenvalue weighted by Gasteiger charge is 2.23. The molecule has 0 radical (unpaired) electrons.